The van der Waals surface area contributed by atoms with Crippen molar-refractivity contribution in [2.45, 2.75) is 104 Å². The highest BCUT2D eigenvalue weighted by molar-refractivity contribution is 5.83. The number of amides is 1. The van der Waals surface area contributed by atoms with Gasteiger partial charge in [0, 0.05) is 12.5 Å². The quantitative estimate of drug-likeness (QED) is 0.205. The number of hydrogen-bond donors (Lipinski definition) is 1. The first-order valence-corrected chi connectivity index (χ1v) is 12.5. The predicted octanol–water partition coefficient (Wildman–Crippen LogP) is 6.82. The van der Waals surface area contributed by atoms with Crippen molar-refractivity contribution in [3.05, 3.63) is 35.9 Å². The van der Waals surface area contributed by atoms with Gasteiger partial charge in [-0.2, -0.15) is 0 Å². The van der Waals surface area contributed by atoms with Gasteiger partial charge in [-0.3, -0.25) is 9.59 Å². The van der Waals surface area contributed by atoms with Crippen LogP contribution in [0.3, 0.4) is 0 Å². The van der Waals surface area contributed by atoms with E-state index in [0.29, 0.717) is 18.9 Å². The van der Waals surface area contributed by atoms with E-state index in [2.05, 4.69) is 26.1 Å². The Kier molecular flexibility index (Phi) is 15.6. The number of ether oxygens (including phenoxy) is 1. The van der Waals surface area contributed by atoms with Crippen LogP contribution in [-0.4, -0.2) is 18.4 Å². The van der Waals surface area contributed by atoms with Crippen LogP contribution in [-0.2, 0) is 20.9 Å². The average Bonchev–Trinajstić information content (AvgIpc) is 2.76. The molecule has 0 aliphatic rings. The van der Waals surface area contributed by atoms with E-state index in [1.807, 2.05) is 30.3 Å². The number of carbonyl (C=O) groups excluding carboxylic acids is 2. The molecule has 0 unspecified atom stereocenters. The lowest BCUT2D eigenvalue weighted by atomic mass is 9.93. The molecule has 0 saturated carbocycles. The van der Waals surface area contributed by atoms with Crippen LogP contribution in [0.2, 0.25) is 0 Å². The van der Waals surface area contributed by atoms with E-state index in [0.717, 1.165) is 18.4 Å². The van der Waals surface area contributed by atoms with Gasteiger partial charge in [0.05, 0.1) is 6.42 Å². The molecular formula is C27H45NO3. The Morgan fingerprint density at radius 3 is 2.03 bits per heavy atom. The molecule has 1 amide bonds. The monoisotopic (exact) mass is 431 g/mol. The first-order valence-electron chi connectivity index (χ1n) is 12.5. The van der Waals surface area contributed by atoms with E-state index >= 15 is 0 Å². The highest BCUT2D eigenvalue weighted by Crippen LogP contribution is 2.17. The molecule has 0 bridgehead atoms. The summed E-state index contributed by atoms with van der Waals surface area (Å²) in [5.41, 5.74) is 0.960. The summed E-state index contributed by atoms with van der Waals surface area (Å²) in [6, 6.07) is 9.64. The molecule has 0 aliphatic carbocycles. The van der Waals surface area contributed by atoms with Crippen LogP contribution in [0.5, 0.6) is 0 Å². The van der Waals surface area contributed by atoms with E-state index in [1.54, 1.807) is 0 Å². The summed E-state index contributed by atoms with van der Waals surface area (Å²) in [5, 5.41) is 3.05. The molecule has 0 heterocycles. The molecule has 1 atom stereocenters. The van der Waals surface area contributed by atoms with Gasteiger partial charge in [0.15, 0.2) is 0 Å². The second-order valence-corrected chi connectivity index (χ2v) is 9.15. The molecule has 0 fully saturated rings. The number of carbonyl (C=O) groups is 2. The summed E-state index contributed by atoms with van der Waals surface area (Å²) >= 11 is 0. The van der Waals surface area contributed by atoms with Gasteiger partial charge >= 0.3 is 5.97 Å². The summed E-state index contributed by atoms with van der Waals surface area (Å²) < 4.78 is 5.38. The number of hydrogen-bond acceptors (Lipinski definition) is 3. The Balaban J connectivity index is 2.20. The molecule has 0 saturated heterocycles. The molecule has 0 aliphatic heterocycles. The van der Waals surface area contributed by atoms with Crippen LogP contribution in [0.1, 0.15) is 103 Å². The second-order valence-electron chi connectivity index (χ2n) is 9.15. The molecule has 4 nitrogen and oxygen atoms in total. The van der Waals surface area contributed by atoms with Gasteiger partial charge in [-0.15, -0.1) is 0 Å². The minimum atomic E-state index is -0.314. The van der Waals surface area contributed by atoms with E-state index in [9.17, 15) is 9.59 Å². The number of benzene rings is 1. The van der Waals surface area contributed by atoms with Crippen molar-refractivity contribution in [1.29, 1.82) is 0 Å². The van der Waals surface area contributed by atoms with E-state index in [-0.39, 0.29) is 30.8 Å². The van der Waals surface area contributed by atoms with Crippen molar-refractivity contribution < 1.29 is 14.3 Å². The van der Waals surface area contributed by atoms with Crippen molar-refractivity contribution in [2.75, 3.05) is 6.54 Å². The van der Waals surface area contributed by atoms with Crippen molar-refractivity contribution in [3.8, 4) is 0 Å². The smallest absolute Gasteiger partial charge is 0.306 e. The number of rotatable bonds is 18. The lowest BCUT2D eigenvalue weighted by Gasteiger charge is -2.18. The highest BCUT2D eigenvalue weighted by atomic mass is 16.5. The van der Waals surface area contributed by atoms with E-state index in [1.165, 1.54) is 51.4 Å². The number of nitrogens with one attached hydrogen (secondary N) is 1. The summed E-state index contributed by atoms with van der Waals surface area (Å²) in [6.07, 6.45) is 13.6. The lowest BCUT2D eigenvalue weighted by Crippen LogP contribution is -2.33. The van der Waals surface area contributed by atoms with Crippen molar-refractivity contribution in [1.82, 2.24) is 5.32 Å². The third-order valence-electron chi connectivity index (χ3n) is 5.61. The summed E-state index contributed by atoms with van der Waals surface area (Å²) in [4.78, 5) is 24.9. The zero-order valence-electron chi connectivity index (χ0n) is 20.2. The second kappa shape index (κ2) is 17.8. The molecule has 0 spiro atoms. The molecule has 4 heteroatoms. The first-order chi connectivity index (χ1) is 15.0. The fourth-order valence-electron chi connectivity index (χ4n) is 3.82. The van der Waals surface area contributed by atoms with Crippen LogP contribution in [0.25, 0.3) is 0 Å². The Morgan fingerprint density at radius 2 is 1.45 bits per heavy atom. The molecule has 176 valence electrons. The van der Waals surface area contributed by atoms with E-state index in [4.69, 9.17) is 4.74 Å². The molecule has 1 N–H and O–H groups in total. The molecule has 1 aromatic rings. The summed E-state index contributed by atoms with van der Waals surface area (Å²) in [5.74, 6) is -0.272. The fourth-order valence-corrected chi connectivity index (χ4v) is 3.82. The van der Waals surface area contributed by atoms with E-state index < -0.39 is 0 Å². The normalized spacial score (nSPS) is 12.0. The van der Waals surface area contributed by atoms with Crippen LogP contribution in [0, 0.1) is 11.8 Å². The Hall–Kier alpha value is -1.84. The zero-order valence-corrected chi connectivity index (χ0v) is 20.2. The number of unbranched alkanes of at least 4 members (excludes halogenated alkanes) is 9. The highest BCUT2D eigenvalue weighted by Gasteiger charge is 2.23. The minimum Gasteiger partial charge on any atom is -0.461 e. The maximum atomic E-state index is 12.6. The van der Waals surface area contributed by atoms with Crippen LogP contribution in [0.4, 0.5) is 0 Å². The van der Waals surface area contributed by atoms with Crippen LogP contribution in [0.15, 0.2) is 30.3 Å². The molecule has 0 aromatic heterocycles. The van der Waals surface area contributed by atoms with Crippen molar-refractivity contribution >= 4 is 11.9 Å². The maximum Gasteiger partial charge on any atom is 0.306 e. The molecular weight excluding hydrogens is 386 g/mol. The average molecular weight is 432 g/mol. The molecule has 1 rings (SSSR count). The minimum absolute atomic E-state index is 0.0127. The Morgan fingerprint density at radius 1 is 0.871 bits per heavy atom. The molecule has 31 heavy (non-hydrogen) atoms. The standard InChI is InChI=1S/C27H45NO3/c1-4-5-6-7-8-9-10-11-12-16-19-28-27(30)25(20-23(2)3)21-26(29)31-22-24-17-14-13-15-18-24/h13-15,17-18,23,25H,4-12,16,19-22H2,1-3H3,(H,28,30)/t25-/m1/s1. The van der Waals surface area contributed by atoms with Crippen LogP contribution >= 0.6 is 0 Å². The molecule has 0 radical (unpaired) electrons. The number of esters is 1. The zero-order chi connectivity index (χ0) is 22.7. The van der Waals surface area contributed by atoms with Gasteiger partial charge in [0.1, 0.15) is 6.61 Å². The Bertz CT molecular complexity index is 585. The van der Waals surface area contributed by atoms with Gasteiger partial charge in [-0.25, -0.2) is 0 Å². The SMILES string of the molecule is CCCCCCCCCCCCNC(=O)[C@@H](CC(=O)OCc1ccccc1)CC(C)C. The topological polar surface area (TPSA) is 55.4 Å². The predicted molar refractivity (Wildman–Crippen MR) is 129 cm³/mol. The van der Waals surface area contributed by atoms with Gasteiger partial charge in [-0.1, -0.05) is 109 Å². The fraction of sp³-hybridized carbons (Fsp3) is 0.704. The van der Waals surface area contributed by atoms with Crippen molar-refractivity contribution in [3.63, 3.8) is 0 Å². The van der Waals surface area contributed by atoms with Gasteiger partial charge < -0.3 is 10.1 Å². The largest absolute Gasteiger partial charge is 0.461 e. The van der Waals surface area contributed by atoms with Crippen molar-refractivity contribution in [2.24, 2.45) is 11.8 Å². The third-order valence-corrected chi connectivity index (χ3v) is 5.61. The van der Waals surface area contributed by atoms with Gasteiger partial charge in [0.25, 0.3) is 0 Å². The van der Waals surface area contributed by atoms with Crippen LogP contribution < -0.4 is 5.32 Å². The van der Waals surface area contributed by atoms with Gasteiger partial charge in [-0.05, 0) is 24.3 Å². The summed E-state index contributed by atoms with van der Waals surface area (Å²) in [7, 11) is 0. The first kappa shape index (κ1) is 27.2. The summed E-state index contributed by atoms with van der Waals surface area (Å²) in [6.45, 7) is 7.37. The third kappa shape index (κ3) is 14.7. The Labute approximate surface area is 190 Å². The molecule has 1 aromatic carbocycles. The van der Waals surface area contributed by atoms with Gasteiger partial charge in [0.2, 0.25) is 5.91 Å². The lowest BCUT2D eigenvalue weighted by molar-refractivity contribution is -0.148. The maximum absolute atomic E-state index is 12.6.